The molecule has 1 rings (SSSR count). The standard InChI is InChI=1S/C13H18F3NO2/c1-9(18)12(2,3)17-8-10-5-4-6-11(7-10)19-13(14,15)16/h4-7,9,17-18H,8H2,1-3H3. The van der Waals surface area contributed by atoms with Crippen molar-refractivity contribution in [2.24, 2.45) is 0 Å². The van der Waals surface area contributed by atoms with Crippen LogP contribution < -0.4 is 10.1 Å². The molecule has 0 saturated heterocycles. The summed E-state index contributed by atoms with van der Waals surface area (Å²) in [4.78, 5) is 0. The van der Waals surface area contributed by atoms with Gasteiger partial charge in [-0.3, -0.25) is 0 Å². The lowest BCUT2D eigenvalue weighted by Crippen LogP contribution is -2.47. The summed E-state index contributed by atoms with van der Waals surface area (Å²) in [6, 6.07) is 5.75. The number of ether oxygens (including phenoxy) is 1. The Morgan fingerprint density at radius 3 is 2.47 bits per heavy atom. The Morgan fingerprint density at radius 2 is 1.95 bits per heavy atom. The van der Waals surface area contributed by atoms with E-state index < -0.39 is 18.0 Å². The highest BCUT2D eigenvalue weighted by molar-refractivity contribution is 5.28. The third-order valence-corrected chi connectivity index (χ3v) is 2.92. The van der Waals surface area contributed by atoms with Crippen LogP contribution in [-0.2, 0) is 6.54 Å². The second kappa shape index (κ2) is 5.79. The maximum atomic E-state index is 12.1. The molecule has 0 fully saturated rings. The Hall–Kier alpha value is -1.27. The van der Waals surface area contributed by atoms with E-state index in [0.717, 1.165) is 0 Å². The van der Waals surface area contributed by atoms with Crippen LogP contribution in [0.2, 0.25) is 0 Å². The smallest absolute Gasteiger partial charge is 0.406 e. The fourth-order valence-corrected chi connectivity index (χ4v) is 1.33. The molecule has 0 bridgehead atoms. The Bertz CT molecular complexity index is 417. The predicted octanol–water partition coefficient (Wildman–Crippen LogP) is 2.83. The van der Waals surface area contributed by atoms with E-state index in [9.17, 15) is 18.3 Å². The average Bonchev–Trinajstić information content (AvgIpc) is 2.24. The molecule has 19 heavy (non-hydrogen) atoms. The fourth-order valence-electron chi connectivity index (χ4n) is 1.33. The largest absolute Gasteiger partial charge is 0.573 e. The van der Waals surface area contributed by atoms with Crippen LogP contribution in [0.25, 0.3) is 0 Å². The zero-order valence-electron chi connectivity index (χ0n) is 11.1. The first-order valence-corrected chi connectivity index (χ1v) is 5.88. The zero-order chi connectivity index (χ0) is 14.7. The molecular weight excluding hydrogens is 259 g/mol. The first-order chi connectivity index (χ1) is 8.60. The lowest BCUT2D eigenvalue weighted by Gasteiger charge is -2.29. The molecule has 108 valence electrons. The monoisotopic (exact) mass is 277 g/mol. The minimum Gasteiger partial charge on any atom is -0.406 e. The van der Waals surface area contributed by atoms with Crippen molar-refractivity contribution in [3.05, 3.63) is 29.8 Å². The molecule has 1 atom stereocenters. The normalized spacial score (nSPS) is 14.3. The van der Waals surface area contributed by atoms with Crippen LogP contribution in [0.1, 0.15) is 26.3 Å². The first-order valence-electron chi connectivity index (χ1n) is 5.88. The summed E-state index contributed by atoms with van der Waals surface area (Å²) in [6.45, 7) is 5.62. The Morgan fingerprint density at radius 1 is 1.32 bits per heavy atom. The summed E-state index contributed by atoms with van der Waals surface area (Å²) in [7, 11) is 0. The zero-order valence-corrected chi connectivity index (χ0v) is 11.1. The Labute approximate surface area is 110 Å². The number of alkyl halides is 3. The van der Waals surface area contributed by atoms with Crippen molar-refractivity contribution in [2.45, 2.75) is 45.3 Å². The summed E-state index contributed by atoms with van der Waals surface area (Å²) in [6.07, 6.45) is -5.27. The van der Waals surface area contributed by atoms with Crippen LogP contribution in [-0.4, -0.2) is 23.1 Å². The van der Waals surface area contributed by atoms with Crippen molar-refractivity contribution in [1.29, 1.82) is 0 Å². The second-order valence-electron chi connectivity index (χ2n) is 4.95. The summed E-state index contributed by atoms with van der Waals surface area (Å²) < 4.78 is 40.1. The van der Waals surface area contributed by atoms with Crippen LogP contribution in [0, 0.1) is 0 Å². The summed E-state index contributed by atoms with van der Waals surface area (Å²) in [5.74, 6) is -0.248. The highest BCUT2D eigenvalue weighted by atomic mass is 19.4. The first kappa shape index (κ1) is 15.8. The lowest BCUT2D eigenvalue weighted by atomic mass is 9.98. The molecule has 0 aliphatic rings. The minimum absolute atomic E-state index is 0.248. The van der Waals surface area contributed by atoms with Crippen LogP contribution in [0.15, 0.2) is 24.3 Å². The van der Waals surface area contributed by atoms with Gasteiger partial charge in [0.05, 0.1) is 6.10 Å². The average molecular weight is 277 g/mol. The van der Waals surface area contributed by atoms with Gasteiger partial charge in [0.1, 0.15) is 5.75 Å². The van der Waals surface area contributed by atoms with Gasteiger partial charge in [-0.15, -0.1) is 13.2 Å². The Balaban J connectivity index is 2.68. The molecule has 0 heterocycles. The molecular formula is C13H18F3NO2. The third kappa shape index (κ3) is 5.48. The van der Waals surface area contributed by atoms with E-state index in [2.05, 4.69) is 10.1 Å². The summed E-state index contributed by atoms with van der Waals surface area (Å²) in [5.41, 5.74) is 0.122. The van der Waals surface area contributed by atoms with Crippen molar-refractivity contribution in [2.75, 3.05) is 0 Å². The molecule has 0 radical (unpaired) electrons. The maximum Gasteiger partial charge on any atom is 0.573 e. The van der Waals surface area contributed by atoms with Gasteiger partial charge < -0.3 is 15.2 Å². The number of hydrogen-bond donors (Lipinski definition) is 2. The molecule has 0 amide bonds. The van der Waals surface area contributed by atoms with E-state index in [0.29, 0.717) is 12.1 Å². The van der Waals surface area contributed by atoms with Crippen molar-refractivity contribution in [3.8, 4) is 5.75 Å². The molecule has 1 aromatic carbocycles. The van der Waals surface area contributed by atoms with Gasteiger partial charge in [0.25, 0.3) is 0 Å². The lowest BCUT2D eigenvalue weighted by molar-refractivity contribution is -0.274. The van der Waals surface area contributed by atoms with Crippen LogP contribution >= 0.6 is 0 Å². The van der Waals surface area contributed by atoms with E-state index in [1.54, 1.807) is 13.0 Å². The SMILES string of the molecule is CC(O)C(C)(C)NCc1cccc(OC(F)(F)F)c1. The molecule has 1 aromatic rings. The van der Waals surface area contributed by atoms with Crippen LogP contribution in [0.5, 0.6) is 5.75 Å². The number of nitrogens with one attached hydrogen (secondary N) is 1. The molecule has 6 heteroatoms. The summed E-state index contributed by atoms with van der Waals surface area (Å²) >= 11 is 0. The van der Waals surface area contributed by atoms with Crippen molar-refractivity contribution in [3.63, 3.8) is 0 Å². The number of aliphatic hydroxyl groups is 1. The predicted molar refractivity (Wildman–Crippen MR) is 65.7 cm³/mol. The number of rotatable bonds is 5. The second-order valence-corrected chi connectivity index (χ2v) is 4.95. The van der Waals surface area contributed by atoms with Crippen molar-refractivity contribution in [1.82, 2.24) is 5.32 Å². The van der Waals surface area contributed by atoms with E-state index in [1.807, 2.05) is 13.8 Å². The molecule has 0 saturated carbocycles. The van der Waals surface area contributed by atoms with Gasteiger partial charge in [-0.2, -0.15) is 0 Å². The quantitative estimate of drug-likeness (QED) is 0.869. The molecule has 0 aromatic heterocycles. The van der Waals surface area contributed by atoms with E-state index in [4.69, 9.17) is 0 Å². The van der Waals surface area contributed by atoms with Gasteiger partial charge in [0, 0.05) is 12.1 Å². The van der Waals surface area contributed by atoms with E-state index in [-0.39, 0.29) is 5.75 Å². The van der Waals surface area contributed by atoms with Gasteiger partial charge in [0.2, 0.25) is 0 Å². The minimum atomic E-state index is -4.69. The fraction of sp³-hybridized carbons (Fsp3) is 0.538. The molecule has 1 unspecified atom stereocenters. The number of halogens is 3. The third-order valence-electron chi connectivity index (χ3n) is 2.92. The number of benzene rings is 1. The molecule has 0 aliphatic heterocycles. The highest BCUT2D eigenvalue weighted by Gasteiger charge is 2.31. The summed E-state index contributed by atoms with van der Waals surface area (Å²) in [5, 5.41) is 12.6. The maximum absolute atomic E-state index is 12.1. The van der Waals surface area contributed by atoms with E-state index >= 15 is 0 Å². The van der Waals surface area contributed by atoms with Crippen LogP contribution in [0.4, 0.5) is 13.2 Å². The van der Waals surface area contributed by atoms with Crippen LogP contribution in [0.3, 0.4) is 0 Å². The Kier molecular flexibility index (Phi) is 4.81. The van der Waals surface area contributed by atoms with Gasteiger partial charge in [-0.05, 0) is 38.5 Å². The molecule has 0 aliphatic carbocycles. The van der Waals surface area contributed by atoms with Crippen molar-refractivity contribution < 1.29 is 23.0 Å². The van der Waals surface area contributed by atoms with Gasteiger partial charge >= 0.3 is 6.36 Å². The topological polar surface area (TPSA) is 41.5 Å². The van der Waals surface area contributed by atoms with Gasteiger partial charge in [0.15, 0.2) is 0 Å². The van der Waals surface area contributed by atoms with Crippen molar-refractivity contribution >= 4 is 0 Å². The molecule has 3 nitrogen and oxygen atoms in total. The molecule has 2 N–H and O–H groups in total. The highest BCUT2D eigenvalue weighted by Crippen LogP contribution is 2.23. The number of hydrogen-bond acceptors (Lipinski definition) is 3. The molecule has 0 spiro atoms. The van der Waals surface area contributed by atoms with Gasteiger partial charge in [-0.1, -0.05) is 12.1 Å². The van der Waals surface area contributed by atoms with Gasteiger partial charge in [-0.25, -0.2) is 0 Å². The van der Waals surface area contributed by atoms with E-state index in [1.165, 1.54) is 18.2 Å². The number of aliphatic hydroxyl groups excluding tert-OH is 1.